The minimum Gasteiger partial charge on any atom is -0.336 e. The van der Waals surface area contributed by atoms with E-state index < -0.39 is 0 Å². The normalized spacial score (nSPS) is 21.6. The Balaban J connectivity index is 2.14. The van der Waals surface area contributed by atoms with Crippen LogP contribution in [-0.4, -0.2) is 48.4 Å². The Kier molecular flexibility index (Phi) is 4.04. The number of benzene rings is 1. The van der Waals surface area contributed by atoms with Gasteiger partial charge >= 0.3 is 0 Å². The van der Waals surface area contributed by atoms with E-state index in [1.165, 1.54) is 0 Å². The lowest BCUT2D eigenvalue weighted by atomic mass is 10.1. The summed E-state index contributed by atoms with van der Waals surface area (Å²) in [6, 6.07) is 8.22. The van der Waals surface area contributed by atoms with Crippen LogP contribution in [0.2, 0.25) is 0 Å². The first kappa shape index (κ1) is 12.8. The van der Waals surface area contributed by atoms with Crippen molar-refractivity contribution in [1.82, 2.24) is 9.80 Å². The van der Waals surface area contributed by atoms with E-state index in [2.05, 4.69) is 41.5 Å². The second-order valence-electron chi connectivity index (χ2n) is 4.56. The SMILES string of the molecule is CC1CN(C(=O)c2ccccc2I)CCN1C. The van der Waals surface area contributed by atoms with Crippen molar-refractivity contribution in [3.63, 3.8) is 0 Å². The van der Waals surface area contributed by atoms with E-state index in [9.17, 15) is 4.79 Å². The molecule has 3 nitrogen and oxygen atoms in total. The molecule has 1 atom stereocenters. The quantitative estimate of drug-likeness (QED) is 0.729. The maximum Gasteiger partial charge on any atom is 0.255 e. The lowest BCUT2D eigenvalue weighted by molar-refractivity contribution is 0.0571. The van der Waals surface area contributed by atoms with E-state index in [4.69, 9.17) is 0 Å². The topological polar surface area (TPSA) is 23.6 Å². The van der Waals surface area contributed by atoms with Crippen LogP contribution in [-0.2, 0) is 0 Å². The molecule has 1 amide bonds. The molecule has 1 saturated heterocycles. The molecule has 92 valence electrons. The summed E-state index contributed by atoms with van der Waals surface area (Å²) in [5.41, 5.74) is 0.824. The molecule has 0 aromatic heterocycles. The van der Waals surface area contributed by atoms with Crippen molar-refractivity contribution < 1.29 is 4.79 Å². The number of carbonyl (C=O) groups is 1. The van der Waals surface area contributed by atoms with Gasteiger partial charge in [-0.05, 0) is 48.7 Å². The molecule has 17 heavy (non-hydrogen) atoms. The standard InChI is InChI=1S/C13H17IN2O/c1-10-9-16(8-7-15(10)2)13(17)11-5-3-4-6-12(11)14/h3-6,10H,7-9H2,1-2H3. The van der Waals surface area contributed by atoms with Gasteiger partial charge in [0.05, 0.1) is 5.56 Å². The molecule has 1 aliphatic heterocycles. The summed E-state index contributed by atoms with van der Waals surface area (Å²) in [4.78, 5) is 16.6. The number of carbonyl (C=O) groups excluding carboxylic acids is 1. The van der Waals surface area contributed by atoms with Gasteiger partial charge in [0, 0.05) is 29.2 Å². The van der Waals surface area contributed by atoms with Gasteiger partial charge in [-0.25, -0.2) is 0 Å². The zero-order chi connectivity index (χ0) is 12.4. The highest BCUT2D eigenvalue weighted by molar-refractivity contribution is 14.1. The average molecular weight is 344 g/mol. The van der Waals surface area contributed by atoms with Gasteiger partial charge in [0.1, 0.15) is 0 Å². The minimum atomic E-state index is 0.162. The van der Waals surface area contributed by atoms with Crippen molar-refractivity contribution in [2.45, 2.75) is 13.0 Å². The molecule has 1 aromatic carbocycles. The van der Waals surface area contributed by atoms with Gasteiger partial charge in [0.15, 0.2) is 0 Å². The van der Waals surface area contributed by atoms with Crippen LogP contribution in [0.25, 0.3) is 0 Å². The van der Waals surface area contributed by atoms with Crippen LogP contribution < -0.4 is 0 Å². The number of halogens is 1. The number of hydrogen-bond donors (Lipinski definition) is 0. The summed E-state index contributed by atoms with van der Waals surface area (Å²) in [7, 11) is 2.11. The van der Waals surface area contributed by atoms with Crippen LogP contribution in [0.1, 0.15) is 17.3 Å². The van der Waals surface area contributed by atoms with Crippen molar-refractivity contribution in [3.05, 3.63) is 33.4 Å². The van der Waals surface area contributed by atoms with Crippen LogP contribution in [0.5, 0.6) is 0 Å². The number of nitrogens with zero attached hydrogens (tertiary/aromatic N) is 2. The van der Waals surface area contributed by atoms with Crippen LogP contribution >= 0.6 is 22.6 Å². The zero-order valence-corrected chi connectivity index (χ0v) is 12.3. The largest absolute Gasteiger partial charge is 0.336 e. The van der Waals surface area contributed by atoms with E-state index in [1.54, 1.807) is 0 Å². The molecule has 1 aromatic rings. The van der Waals surface area contributed by atoms with Gasteiger partial charge in [-0.1, -0.05) is 12.1 Å². The highest BCUT2D eigenvalue weighted by atomic mass is 127. The number of hydrogen-bond acceptors (Lipinski definition) is 2. The van der Waals surface area contributed by atoms with Crippen molar-refractivity contribution >= 4 is 28.5 Å². The molecular formula is C13H17IN2O. The third kappa shape index (κ3) is 2.80. The molecule has 0 saturated carbocycles. The Bertz CT molecular complexity index is 422. The van der Waals surface area contributed by atoms with Gasteiger partial charge in [-0.2, -0.15) is 0 Å². The van der Waals surface area contributed by atoms with E-state index >= 15 is 0 Å². The first-order valence-electron chi connectivity index (χ1n) is 5.83. The molecule has 1 heterocycles. The molecule has 0 radical (unpaired) electrons. The monoisotopic (exact) mass is 344 g/mol. The Morgan fingerprint density at radius 3 is 2.71 bits per heavy atom. The van der Waals surface area contributed by atoms with Gasteiger partial charge < -0.3 is 9.80 Å². The highest BCUT2D eigenvalue weighted by Gasteiger charge is 2.25. The molecule has 0 bridgehead atoms. The molecule has 1 fully saturated rings. The number of amides is 1. The first-order chi connectivity index (χ1) is 8.09. The lowest BCUT2D eigenvalue weighted by Gasteiger charge is -2.37. The average Bonchev–Trinajstić information content (AvgIpc) is 2.32. The summed E-state index contributed by atoms with van der Waals surface area (Å²) < 4.78 is 1.03. The van der Waals surface area contributed by atoms with E-state index in [0.717, 1.165) is 28.8 Å². The van der Waals surface area contributed by atoms with Crippen LogP contribution in [0.15, 0.2) is 24.3 Å². The third-order valence-electron chi connectivity index (χ3n) is 3.35. The predicted octanol–water partition coefficient (Wildman–Crippen LogP) is 2.07. The number of rotatable bonds is 1. The lowest BCUT2D eigenvalue weighted by Crippen LogP contribution is -2.52. The molecule has 0 N–H and O–H groups in total. The molecule has 0 aliphatic carbocycles. The Labute approximate surface area is 116 Å². The van der Waals surface area contributed by atoms with Gasteiger partial charge in [-0.3, -0.25) is 4.79 Å². The van der Waals surface area contributed by atoms with E-state index in [0.29, 0.717) is 6.04 Å². The zero-order valence-electron chi connectivity index (χ0n) is 10.2. The summed E-state index contributed by atoms with van der Waals surface area (Å²) in [5.74, 6) is 0.162. The molecule has 4 heteroatoms. The first-order valence-corrected chi connectivity index (χ1v) is 6.91. The maximum atomic E-state index is 12.4. The fraction of sp³-hybridized carbons (Fsp3) is 0.462. The van der Waals surface area contributed by atoms with Crippen LogP contribution in [0, 0.1) is 3.57 Å². The molecule has 0 spiro atoms. The molecular weight excluding hydrogens is 327 g/mol. The smallest absolute Gasteiger partial charge is 0.255 e. The van der Waals surface area contributed by atoms with Gasteiger partial charge in [0.2, 0.25) is 0 Å². The van der Waals surface area contributed by atoms with Crippen molar-refractivity contribution in [3.8, 4) is 0 Å². The van der Waals surface area contributed by atoms with Crippen LogP contribution in [0.4, 0.5) is 0 Å². The van der Waals surface area contributed by atoms with Crippen molar-refractivity contribution in [2.24, 2.45) is 0 Å². The fourth-order valence-corrected chi connectivity index (χ4v) is 2.66. The Morgan fingerprint density at radius 2 is 2.06 bits per heavy atom. The second-order valence-corrected chi connectivity index (χ2v) is 5.72. The van der Waals surface area contributed by atoms with Gasteiger partial charge in [-0.15, -0.1) is 0 Å². The third-order valence-corrected chi connectivity index (χ3v) is 4.29. The molecule has 1 unspecified atom stereocenters. The van der Waals surface area contributed by atoms with Crippen molar-refractivity contribution in [1.29, 1.82) is 0 Å². The van der Waals surface area contributed by atoms with E-state index in [-0.39, 0.29) is 5.91 Å². The van der Waals surface area contributed by atoms with Gasteiger partial charge in [0.25, 0.3) is 5.91 Å². The Hall–Kier alpha value is -0.620. The minimum absolute atomic E-state index is 0.162. The summed E-state index contributed by atoms with van der Waals surface area (Å²) in [5, 5.41) is 0. The maximum absolute atomic E-state index is 12.4. The fourth-order valence-electron chi connectivity index (χ4n) is 2.04. The number of likely N-dealkylation sites (N-methyl/N-ethyl adjacent to an activating group) is 1. The van der Waals surface area contributed by atoms with Crippen LogP contribution in [0.3, 0.4) is 0 Å². The van der Waals surface area contributed by atoms with Crippen molar-refractivity contribution in [2.75, 3.05) is 26.7 Å². The highest BCUT2D eigenvalue weighted by Crippen LogP contribution is 2.16. The summed E-state index contributed by atoms with van der Waals surface area (Å²) >= 11 is 2.22. The predicted molar refractivity (Wildman–Crippen MR) is 77.2 cm³/mol. The molecule has 2 rings (SSSR count). The molecule has 1 aliphatic rings. The second kappa shape index (κ2) is 5.35. The Morgan fingerprint density at radius 1 is 1.35 bits per heavy atom. The van der Waals surface area contributed by atoms with E-state index in [1.807, 2.05) is 29.2 Å². The number of piperazine rings is 1. The summed E-state index contributed by atoms with van der Waals surface area (Å²) in [6.45, 7) is 4.76. The summed E-state index contributed by atoms with van der Waals surface area (Å²) in [6.07, 6.45) is 0.